The lowest BCUT2D eigenvalue weighted by Crippen LogP contribution is -2.43. The van der Waals surface area contributed by atoms with Crippen molar-refractivity contribution in [2.45, 2.75) is 27.0 Å². The van der Waals surface area contributed by atoms with Crippen molar-refractivity contribution in [1.29, 1.82) is 0 Å². The van der Waals surface area contributed by atoms with Crippen LogP contribution in [0.25, 0.3) is 0 Å². The van der Waals surface area contributed by atoms with Crippen LogP contribution in [0.5, 0.6) is 0 Å². The van der Waals surface area contributed by atoms with Gasteiger partial charge in [-0.05, 0) is 11.8 Å². The van der Waals surface area contributed by atoms with E-state index in [1.54, 1.807) is 20.8 Å². The van der Waals surface area contributed by atoms with Gasteiger partial charge in [-0.1, -0.05) is 25.9 Å². The van der Waals surface area contributed by atoms with Crippen molar-refractivity contribution in [1.82, 2.24) is 4.90 Å². The first-order chi connectivity index (χ1) is 9.20. The molecule has 1 rings (SSSR count). The molecule has 1 unspecified atom stereocenters. The van der Waals surface area contributed by atoms with Crippen LogP contribution >= 0.6 is 11.8 Å². The molecule has 3 N–H and O–H groups in total. The molecule has 1 fully saturated rings. The van der Waals surface area contributed by atoms with Crippen molar-refractivity contribution in [2.24, 2.45) is 21.3 Å². The largest absolute Gasteiger partial charge is 0.410 e. The Kier molecular flexibility index (Phi) is 5.12. The summed E-state index contributed by atoms with van der Waals surface area (Å²) in [7, 11) is 1.39. The van der Waals surface area contributed by atoms with Crippen LogP contribution in [-0.2, 0) is 14.3 Å². The van der Waals surface area contributed by atoms with Gasteiger partial charge >= 0.3 is 0 Å². The molecule has 1 aliphatic rings. The molecule has 8 nitrogen and oxygen atoms in total. The maximum atomic E-state index is 12.0. The molecule has 0 spiro atoms. The van der Waals surface area contributed by atoms with Crippen LogP contribution in [0.1, 0.15) is 20.8 Å². The summed E-state index contributed by atoms with van der Waals surface area (Å²) in [5.74, 6) is -0.966. The number of amidine groups is 1. The van der Waals surface area contributed by atoms with E-state index in [-0.39, 0.29) is 22.7 Å². The molecule has 0 aromatic rings. The molecule has 0 saturated carbocycles. The third-order valence-corrected chi connectivity index (χ3v) is 3.42. The van der Waals surface area contributed by atoms with E-state index in [0.717, 1.165) is 11.8 Å². The highest BCUT2D eigenvalue weighted by molar-refractivity contribution is 8.27. The predicted molar refractivity (Wildman–Crippen MR) is 75.4 cm³/mol. The molecule has 0 aromatic heterocycles. The van der Waals surface area contributed by atoms with Crippen LogP contribution in [-0.4, -0.2) is 52.0 Å². The number of ether oxygens (including phenoxy) is 1. The number of carbonyl (C=O) groups excluding carboxylic acids is 2. The monoisotopic (exact) mass is 302 g/mol. The Hall–Kier alpha value is -1.61. The predicted octanol–water partition coefficient (Wildman–Crippen LogP) is 0.209. The summed E-state index contributed by atoms with van der Waals surface area (Å²) in [6.45, 7) is 4.99. The second-order valence-corrected chi connectivity index (χ2v) is 6.16. The second kappa shape index (κ2) is 6.23. The SMILES string of the molecule is COC1/C(=N\O)SC(=NC(=O)C(C)(C)C)N1CC(N)=O. The number of primary amides is 1. The Morgan fingerprint density at radius 3 is 2.50 bits per heavy atom. The Bertz CT molecular complexity index is 470. The van der Waals surface area contributed by atoms with Gasteiger partial charge < -0.3 is 20.6 Å². The van der Waals surface area contributed by atoms with E-state index >= 15 is 0 Å². The summed E-state index contributed by atoms with van der Waals surface area (Å²) >= 11 is 0.960. The van der Waals surface area contributed by atoms with Crippen molar-refractivity contribution in [2.75, 3.05) is 13.7 Å². The third-order valence-electron chi connectivity index (χ3n) is 2.42. The molecular formula is C11H18N4O4S. The van der Waals surface area contributed by atoms with Crippen LogP contribution in [0, 0.1) is 5.41 Å². The second-order valence-electron chi connectivity index (χ2n) is 5.17. The van der Waals surface area contributed by atoms with Gasteiger partial charge in [-0.3, -0.25) is 9.59 Å². The van der Waals surface area contributed by atoms with Gasteiger partial charge in [-0.15, -0.1) is 0 Å². The fraction of sp³-hybridized carbons (Fsp3) is 0.636. The van der Waals surface area contributed by atoms with Gasteiger partial charge in [0.25, 0.3) is 5.91 Å². The van der Waals surface area contributed by atoms with Gasteiger partial charge in [0.1, 0.15) is 6.54 Å². The summed E-state index contributed by atoms with van der Waals surface area (Å²) in [6.07, 6.45) is -0.788. The van der Waals surface area contributed by atoms with Crippen molar-refractivity contribution in [3.05, 3.63) is 0 Å². The number of rotatable bonds is 3. The number of hydrogen-bond donors (Lipinski definition) is 2. The number of aliphatic imine (C=N–C) groups is 1. The molecule has 2 amide bonds. The zero-order valence-corrected chi connectivity index (χ0v) is 12.6. The van der Waals surface area contributed by atoms with Crippen molar-refractivity contribution < 1.29 is 19.5 Å². The number of amides is 2. The molecule has 0 radical (unpaired) electrons. The number of thioether (sulfide) groups is 1. The highest BCUT2D eigenvalue weighted by atomic mass is 32.2. The average molecular weight is 302 g/mol. The summed E-state index contributed by atoms with van der Waals surface area (Å²) in [4.78, 5) is 28.4. The maximum Gasteiger partial charge on any atom is 0.253 e. The van der Waals surface area contributed by atoms with E-state index in [1.807, 2.05) is 0 Å². The number of oxime groups is 1. The van der Waals surface area contributed by atoms with E-state index in [9.17, 15) is 9.59 Å². The molecule has 9 heteroatoms. The zero-order valence-electron chi connectivity index (χ0n) is 11.8. The topological polar surface area (TPSA) is 118 Å². The van der Waals surface area contributed by atoms with Crippen molar-refractivity contribution >= 4 is 33.8 Å². The van der Waals surface area contributed by atoms with E-state index in [0.29, 0.717) is 0 Å². The van der Waals surface area contributed by atoms with Gasteiger partial charge in [0.15, 0.2) is 16.4 Å². The lowest BCUT2D eigenvalue weighted by Gasteiger charge is -2.22. The Morgan fingerprint density at radius 2 is 2.10 bits per heavy atom. The molecule has 1 aliphatic heterocycles. The fourth-order valence-electron chi connectivity index (χ4n) is 1.39. The summed E-state index contributed by atoms with van der Waals surface area (Å²) in [6, 6.07) is 0. The molecule has 112 valence electrons. The maximum absolute atomic E-state index is 12.0. The molecule has 1 heterocycles. The minimum absolute atomic E-state index is 0.189. The highest BCUT2D eigenvalue weighted by Crippen LogP contribution is 2.28. The Morgan fingerprint density at radius 1 is 1.50 bits per heavy atom. The van der Waals surface area contributed by atoms with Crippen molar-refractivity contribution in [3.63, 3.8) is 0 Å². The molecule has 0 aromatic carbocycles. The number of nitrogens with two attached hydrogens (primary N) is 1. The van der Waals surface area contributed by atoms with E-state index < -0.39 is 17.6 Å². The minimum atomic E-state index is -0.788. The first-order valence-electron chi connectivity index (χ1n) is 5.81. The number of hydrogen-bond acceptors (Lipinski definition) is 6. The van der Waals surface area contributed by atoms with Crippen LogP contribution in [0.2, 0.25) is 0 Å². The normalized spacial score (nSPS) is 23.6. The van der Waals surface area contributed by atoms with Gasteiger partial charge in [-0.25, -0.2) is 0 Å². The Balaban J connectivity index is 3.13. The molecule has 1 saturated heterocycles. The molecular weight excluding hydrogens is 284 g/mol. The van der Waals surface area contributed by atoms with Crippen LogP contribution in [0.4, 0.5) is 0 Å². The molecule has 20 heavy (non-hydrogen) atoms. The lowest BCUT2D eigenvalue weighted by molar-refractivity contribution is -0.125. The summed E-state index contributed by atoms with van der Waals surface area (Å²) in [5, 5.41) is 12.4. The first-order valence-corrected chi connectivity index (χ1v) is 6.63. The molecule has 0 aliphatic carbocycles. The van der Waals surface area contributed by atoms with Gasteiger partial charge in [0.05, 0.1) is 0 Å². The number of carbonyl (C=O) groups is 2. The Labute approximate surface area is 121 Å². The van der Waals surface area contributed by atoms with Crippen molar-refractivity contribution in [3.8, 4) is 0 Å². The third kappa shape index (κ3) is 3.70. The number of methoxy groups -OCH3 is 1. The van der Waals surface area contributed by atoms with Crippen LogP contribution in [0.15, 0.2) is 10.1 Å². The summed E-state index contributed by atoms with van der Waals surface area (Å²) < 4.78 is 5.14. The van der Waals surface area contributed by atoms with Gasteiger partial charge in [-0.2, -0.15) is 4.99 Å². The fourth-order valence-corrected chi connectivity index (χ4v) is 2.35. The standard InChI is InChI=1S/C11H18N4O4S/c1-11(2,3)9(17)13-10-15(5-6(12)16)8(19-4)7(14-18)20-10/h8,18H,5H2,1-4H3,(H2,12,16)/b13-10?,14-7+. The lowest BCUT2D eigenvalue weighted by atomic mass is 9.96. The van der Waals surface area contributed by atoms with E-state index in [1.165, 1.54) is 12.0 Å². The first kappa shape index (κ1) is 16.4. The van der Waals surface area contributed by atoms with Crippen LogP contribution in [0.3, 0.4) is 0 Å². The highest BCUT2D eigenvalue weighted by Gasteiger charge is 2.39. The quantitative estimate of drug-likeness (QED) is 0.568. The van der Waals surface area contributed by atoms with Gasteiger partial charge in [0.2, 0.25) is 5.91 Å². The van der Waals surface area contributed by atoms with E-state index in [2.05, 4.69) is 10.1 Å². The number of nitrogens with zero attached hydrogens (tertiary/aromatic N) is 3. The molecule has 0 bridgehead atoms. The smallest absolute Gasteiger partial charge is 0.253 e. The zero-order chi connectivity index (χ0) is 15.5. The van der Waals surface area contributed by atoms with Crippen LogP contribution < -0.4 is 5.73 Å². The van der Waals surface area contributed by atoms with Gasteiger partial charge in [0, 0.05) is 12.5 Å². The van der Waals surface area contributed by atoms with E-state index in [4.69, 9.17) is 15.7 Å². The summed E-state index contributed by atoms with van der Waals surface area (Å²) in [5.41, 5.74) is 4.51. The molecule has 1 atom stereocenters. The minimum Gasteiger partial charge on any atom is -0.410 e. The average Bonchev–Trinajstić information content (AvgIpc) is 2.64.